The summed E-state index contributed by atoms with van der Waals surface area (Å²) in [6.07, 6.45) is 0.791. The van der Waals surface area contributed by atoms with E-state index >= 15 is 0 Å². The Morgan fingerprint density at radius 1 is 1.07 bits per heavy atom. The number of amides is 1. The summed E-state index contributed by atoms with van der Waals surface area (Å²) in [6.45, 7) is 5.26. The van der Waals surface area contributed by atoms with Gasteiger partial charge in [-0.1, -0.05) is 37.3 Å². The zero-order valence-electron chi connectivity index (χ0n) is 15.7. The number of nitrogens with one attached hydrogen (secondary N) is 2. The van der Waals surface area contributed by atoms with Gasteiger partial charge in [-0.3, -0.25) is 9.59 Å². The van der Waals surface area contributed by atoms with Gasteiger partial charge >= 0.3 is 0 Å². The van der Waals surface area contributed by atoms with Gasteiger partial charge in [-0.25, -0.2) is 13.1 Å². The summed E-state index contributed by atoms with van der Waals surface area (Å²) in [5.74, 6) is -0.476. The molecule has 0 aliphatic heterocycles. The van der Waals surface area contributed by atoms with Crippen LogP contribution in [0.5, 0.6) is 0 Å². The highest BCUT2D eigenvalue weighted by molar-refractivity contribution is 7.89. The second kappa shape index (κ2) is 8.92. The summed E-state index contributed by atoms with van der Waals surface area (Å²) >= 11 is 0. The number of sulfonamides is 1. The predicted molar refractivity (Wildman–Crippen MR) is 105 cm³/mol. The summed E-state index contributed by atoms with van der Waals surface area (Å²) in [5, 5.41) is 2.86. The molecule has 6 nitrogen and oxygen atoms in total. The lowest BCUT2D eigenvalue weighted by Crippen LogP contribution is -2.28. The third-order valence-corrected chi connectivity index (χ3v) is 5.66. The van der Waals surface area contributed by atoms with Gasteiger partial charge in [0.2, 0.25) is 15.9 Å². The highest BCUT2D eigenvalue weighted by Crippen LogP contribution is 2.21. The summed E-state index contributed by atoms with van der Waals surface area (Å²) in [4.78, 5) is 23.6. The molecule has 0 radical (unpaired) electrons. The highest BCUT2D eigenvalue weighted by atomic mass is 32.2. The maximum Gasteiger partial charge on any atom is 0.240 e. The highest BCUT2D eigenvalue weighted by Gasteiger charge is 2.16. The van der Waals surface area contributed by atoms with Gasteiger partial charge in [-0.05, 0) is 43.5 Å². The normalized spacial score (nSPS) is 11.2. The van der Waals surface area contributed by atoms with Crippen LogP contribution in [0.25, 0.3) is 0 Å². The van der Waals surface area contributed by atoms with Crippen molar-refractivity contribution in [2.24, 2.45) is 0 Å². The molecule has 2 N–H and O–H groups in total. The first kappa shape index (κ1) is 20.8. The van der Waals surface area contributed by atoms with Gasteiger partial charge in [0.15, 0.2) is 5.78 Å². The minimum atomic E-state index is -3.79. The summed E-state index contributed by atoms with van der Waals surface area (Å²) in [5.41, 5.74) is 3.10. The number of anilines is 1. The fourth-order valence-electron chi connectivity index (χ4n) is 2.67. The van der Waals surface area contributed by atoms with Crippen LogP contribution in [0.4, 0.5) is 5.69 Å². The summed E-state index contributed by atoms with van der Waals surface area (Å²) in [7, 11) is -3.79. The first-order valence-corrected chi connectivity index (χ1v) is 10.2. The number of carbonyl (C=O) groups excluding carboxylic acids is 2. The van der Waals surface area contributed by atoms with Gasteiger partial charge in [-0.2, -0.15) is 0 Å². The Morgan fingerprint density at radius 3 is 2.44 bits per heavy atom. The monoisotopic (exact) mass is 388 g/mol. The fourth-order valence-corrected chi connectivity index (χ4v) is 3.75. The van der Waals surface area contributed by atoms with Gasteiger partial charge in [0.25, 0.3) is 0 Å². The second-order valence-electron chi connectivity index (χ2n) is 6.24. The van der Waals surface area contributed by atoms with Gasteiger partial charge in [0, 0.05) is 24.2 Å². The molecular formula is C20H24N2O4S. The zero-order valence-corrected chi connectivity index (χ0v) is 16.5. The number of aryl methyl sites for hydroxylation is 2. The molecule has 0 saturated heterocycles. The molecule has 2 aromatic carbocycles. The second-order valence-corrected chi connectivity index (χ2v) is 8.01. The smallest absolute Gasteiger partial charge is 0.240 e. The molecule has 2 aromatic rings. The lowest BCUT2D eigenvalue weighted by Gasteiger charge is -2.13. The van der Waals surface area contributed by atoms with E-state index in [2.05, 4.69) is 10.0 Å². The lowest BCUT2D eigenvalue weighted by atomic mass is 10.1. The van der Waals surface area contributed by atoms with Crippen molar-refractivity contribution in [1.82, 2.24) is 4.72 Å². The Hall–Kier alpha value is -2.51. The van der Waals surface area contributed by atoms with Gasteiger partial charge in [-0.15, -0.1) is 0 Å². The minimum absolute atomic E-state index is 0.00258. The summed E-state index contributed by atoms with van der Waals surface area (Å²) < 4.78 is 27.1. The molecule has 144 valence electrons. The van der Waals surface area contributed by atoms with Gasteiger partial charge in [0.1, 0.15) is 0 Å². The lowest BCUT2D eigenvalue weighted by molar-refractivity contribution is -0.116. The van der Waals surface area contributed by atoms with Crippen molar-refractivity contribution in [3.63, 3.8) is 0 Å². The number of rotatable bonds is 8. The molecular weight excluding hydrogens is 364 g/mol. The van der Waals surface area contributed by atoms with Gasteiger partial charge < -0.3 is 5.32 Å². The Morgan fingerprint density at radius 2 is 1.78 bits per heavy atom. The minimum Gasteiger partial charge on any atom is -0.326 e. The average Bonchev–Trinajstić information content (AvgIpc) is 2.63. The molecule has 2 rings (SSSR count). The molecule has 0 spiro atoms. The summed E-state index contributed by atoms with van der Waals surface area (Å²) in [6, 6.07) is 11.6. The molecule has 0 saturated carbocycles. The number of para-hydroxylation sites is 1. The van der Waals surface area contributed by atoms with Crippen LogP contribution in [0, 0.1) is 6.92 Å². The van der Waals surface area contributed by atoms with Crippen LogP contribution in [-0.2, 0) is 21.2 Å². The SMILES string of the molecule is CCc1cccc(C)c1NC(=O)CCNS(=O)(=O)c1cccc(C(C)=O)c1. The quantitative estimate of drug-likeness (QED) is 0.680. The molecule has 0 aliphatic carbocycles. The van der Waals surface area contributed by atoms with E-state index in [1.807, 2.05) is 32.0 Å². The Kier molecular flexibility index (Phi) is 6.87. The van der Waals surface area contributed by atoms with Crippen LogP contribution in [0.15, 0.2) is 47.4 Å². The van der Waals surface area contributed by atoms with Crippen molar-refractivity contribution in [2.75, 3.05) is 11.9 Å². The van der Waals surface area contributed by atoms with Crippen molar-refractivity contribution < 1.29 is 18.0 Å². The number of Topliss-reactive ketones (excluding diaryl/α,β-unsaturated/α-hetero) is 1. The van der Waals surface area contributed by atoms with Crippen LogP contribution in [0.2, 0.25) is 0 Å². The molecule has 0 unspecified atom stereocenters. The van der Waals surface area contributed by atoms with Crippen LogP contribution >= 0.6 is 0 Å². The molecule has 27 heavy (non-hydrogen) atoms. The van der Waals surface area contributed by atoms with Crippen LogP contribution in [-0.4, -0.2) is 26.7 Å². The maximum absolute atomic E-state index is 12.3. The standard InChI is InChI=1S/C20H24N2O4S/c1-4-16-8-5-7-14(2)20(16)22-19(24)11-12-21-27(25,26)18-10-6-9-17(13-18)15(3)23/h5-10,13,21H,4,11-12H2,1-3H3,(H,22,24). The van der Waals surface area contributed by atoms with E-state index in [1.165, 1.54) is 25.1 Å². The van der Waals surface area contributed by atoms with E-state index in [-0.39, 0.29) is 29.6 Å². The number of hydrogen-bond acceptors (Lipinski definition) is 4. The predicted octanol–water partition coefficient (Wildman–Crippen LogP) is 3.07. The topological polar surface area (TPSA) is 92.3 Å². The fraction of sp³-hybridized carbons (Fsp3) is 0.300. The van der Waals surface area contributed by atoms with Crippen molar-refractivity contribution in [3.05, 3.63) is 59.2 Å². The molecule has 0 aromatic heterocycles. The van der Waals surface area contributed by atoms with Crippen molar-refractivity contribution in [3.8, 4) is 0 Å². The average molecular weight is 388 g/mol. The Balaban J connectivity index is 1.98. The van der Waals surface area contributed by atoms with Crippen molar-refractivity contribution in [2.45, 2.75) is 38.5 Å². The number of benzene rings is 2. The van der Waals surface area contributed by atoms with Crippen LogP contribution in [0.1, 0.15) is 41.8 Å². The molecule has 0 heterocycles. The number of ketones is 1. The first-order valence-electron chi connectivity index (χ1n) is 8.73. The van der Waals surface area contributed by atoms with Crippen molar-refractivity contribution in [1.29, 1.82) is 0 Å². The van der Waals surface area contributed by atoms with E-state index < -0.39 is 10.0 Å². The van der Waals surface area contributed by atoms with E-state index in [1.54, 1.807) is 6.07 Å². The molecule has 7 heteroatoms. The third-order valence-electron chi connectivity index (χ3n) is 4.20. The van der Waals surface area contributed by atoms with E-state index in [0.29, 0.717) is 5.56 Å². The van der Waals surface area contributed by atoms with Crippen LogP contribution < -0.4 is 10.0 Å². The molecule has 0 atom stereocenters. The Labute approximate surface area is 160 Å². The number of carbonyl (C=O) groups is 2. The molecule has 0 fully saturated rings. The van der Waals surface area contributed by atoms with Crippen molar-refractivity contribution >= 4 is 27.4 Å². The zero-order chi connectivity index (χ0) is 20.0. The van der Waals surface area contributed by atoms with E-state index in [9.17, 15) is 18.0 Å². The Bertz CT molecular complexity index is 952. The third kappa shape index (κ3) is 5.48. The molecule has 0 bridgehead atoms. The van der Waals surface area contributed by atoms with Crippen LogP contribution in [0.3, 0.4) is 0 Å². The maximum atomic E-state index is 12.3. The largest absolute Gasteiger partial charge is 0.326 e. The molecule has 0 aliphatic rings. The first-order chi connectivity index (χ1) is 12.7. The van der Waals surface area contributed by atoms with Gasteiger partial charge in [0.05, 0.1) is 4.90 Å². The molecule has 1 amide bonds. The van der Waals surface area contributed by atoms with E-state index in [4.69, 9.17) is 0 Å². The number of hydrogen-bond donors (Lipinski definition) is 2. The van der Waals surface area contributed by atoms with E-state index in [0.717, 1.165) is 23.2 Å².